The Morgan fingerprint density at radius 1 is 1.06 bits per heavy atom. The molecule has 2 heterocycles. The van der Waals surface area contributed by atoms with E-state index in [2.05, 4.69) is 36.5 Å². The molecule has 0 bridgehead atoms. The summed E-state index contributed by atoms with van der Waals surface area (Å²) in [7, 11) is 0. The van der Waals surface area contributed by atoms with Gasteiger partial charge in [-0.05, 0) is 42.5 Å². The third kappa shape index (κ3) is 5.04. The van der Waals surface area contributed by atoms with Crippen LogP contribution in [0.5, 0.6) is 0 Å². The molecule has 0 aliphatic rings. The van der Waals surface area contributed by atoms with E-state index >= 15 is 0 Å². The molecule has 0 atom stereocenters. The zero-order chi connectivity index (χ0) is 21.8. The molecule has 2 aromatic heterocycles. The Balaban J connectivity index is 1.36. The minimum Gasteiger partial charge on any atom is -0.326 e. The van der Waals surface area contributed by atoms with Crippen LogP contribution in [0, 0.1) is 0 Å². The average molecular weight is 498 g/mol. The maximum Gasteiger partial charge on any atom is 0.261 e. The summed E-state index contributed by atoms with van der Waals surface area (Å²) >= 11 is 4.68. The van der Waals surface area contributed by atoms with E-state index in [1.807, 2.05) is 6.07 Å². The summed E-state index contributed by atoms with van der Waals surface area (Å²) in [5, 5.41) is 8.25. The number of carbonyl (C=O) groups is 2. The fourth-order valence-electron chi connectivity index (χ4n) is 2.90. The van der Waals surface area contributed by atoms with E-state index in [0.29, 0.717) is 27.3 Å². The molecule has 0 fully saturated rings. The molecule has 0 aliphatic carbocycles. The van der Waals surface area contributed by atoms with Crippen molar-refractivity contribution in [2.75, 3.05) is 10.6 Å². The van der Waals surface area contributed by atoms with Gasteiger partial charge in [0.05, 0.1) is 17.2 Å². The van der Waals surface area contributed by atoms with E-state index in [9.17, 15) is 14.4 Å². The maximum atomic E-state index is 12.6. The maximum absolute atomic E-state index is 12.6. The topological polar surface area (TPSA) is 106 Å². The number of nitrogens with one attached hydrogen (secondary N) is 2. The molecule has 8 nitrogen and oxygen atoms in total. The van der Waals surface area contributed by atoms with Crippen molar-refractivity contribution in [2.45, 2.75) is 13.0 Å². The van der Waals surface area contributed by atoms with Crippen LogP contribution >= 0.6 is 27.3 Å². The highest BCUT2D eigenvalue weighted by Gasteiger charge is 2.10. The van der Waals surface area contributed by atoms with Crippen LogP contribution in [0.2, 0.25) is 0 Å². The lowest BCUT2D eigenvalue weighted by Crippen LogP contribution is -2.23. The molecule has 0 unspecified atom stereocenters. The summed E-state index contributed by atoms with van der Waals surface area (Å²) in [5.41, 5.74) is 1.42. The minimum atomic E-state index is -0.275. The van der Waals surface area contributed by atoms with Crippen molar-refractivity contribution in [1.29, 1.82) is 0 Å². The number of amides is 2. The smallest absolute Gasteiger partial charge is 0.261 e. The quantitative estimate of drug-likeness (QED) is 0.420. The van der Waals surface area contributed by atoms with Crippen molar-refractivity contribution >= 4 is 60.8 Å². The van der Waals surface area contributed by atoms with Gasteiger partial charge in [0.2, 0.25) is 5.91 Å². The molecular formula is C21H16BrN5O3S. The first-order valence-corrected chi connectivity index (χ1v) is 10.9. The number of aromatic nitrogens is 3. The number of nitrogens with zero attached hydrogens (tertiary/aromatic N) is 3. The highest BCUT2D eigenvalue weighted by atomic mass is 79.9. The van der Waals surface area contributed by atoms with Crippen LogP contribution < -0.4 is 16.2 Å². The van der Waals surface area contributed by atoms with E-state index < -0.39 is 0 Å². The van der Waals surface area contributed by atoms with Gasteiger partial charge in [0.25, 0.3) is 11.5 Å². The van der Waals surface area contributed by atoms with Gasteiger partial charge in [-0.2, -0.15) is 0 Å². The molecule has 2 amide bonds. The fraction of sp³-hybridized carbons (Fsp3) is 0.0952. The van der Waals surface area contributed by atoms with Crippen molar-refractivity contribution in [3.63, 3.8) is 0 Å². The van der Waals surface area contributed by atoms with Crippen molar-refractivity contribution < 1.29 is 9.59 Å². The summed E-state index contributed by atoms with van der Waals surface area (Å²) in [4.78, 5) is 45.4. The van der Waals surface area contributed by atoms with Gasteiger partial charge in [-0.25, -0.2) is 9.97 Å². The van der Waals surface area contributed by atoms with Crippen LogP contribution in [0.15, 0.2) is 69.6 Å². The van der Waals surface area contributed by atoms with E-state index in [4.69, 9.17) is 0 Å². The second kappa shape index (κ2) is 9.19. The third-order valence-electron chi connectivity index (χ3n) is 4.45. The molecule has 0 spiro atoms. The second-order valence-electron chi connectivity index (χ2n) is 6.57. The molecule has 156 valence electrons. The summed E-state index contributed by atoms with van der Waals surface area (Å²) in [6, 6.07) is 11.8. The SMILES string of the molecule is O=C(CCn1cnc2ccc(Br)cc2c1=O)Nc1ccc(C(=O)Nc2nccs2)cc1. The van der Waals surface area contributed by atoms with E-state index in [-0.39, 0.29) is 30.3 Å². The van der Waals surface area contributed by atoms with Crippen molar-refractivity contribution in [1.82, 2.24) is 14.5 Å². The lowest BCUT2D eigenvalue weighted by Gasteiger charge is -2.09. The Morgan fingerprint density at radius 3 is 2.61 bits per heavy atom. The monoisotopic (exact) mass is 497 g/mol. The number of halogens is 1. The molecular weight excluding hydrogens is 482 g/mol. The van der Waals surface area contributed by atoms with Gasteiger partial charge in [0, 0.05) is 40.3 Å². The first-order valence-electron chi connectivity index (χ1n) is 9.25. The lowest BCUT2D eigenvalue weighted by molar-refractivity contribution is -0.116. The van der Waals surface area contributed by atoms with E-state index in [0.717, 1.165) is 4.47 Å². The number of carbonyl (C=O) groups excluding carboxylic acids is 2. The van der Waals surface area contributed by atoms with Crippen LogP contribution in [-0.4, -0.2) is 26.3 Å². The number of hydrogen-bond acceptors (Lipinski definition) is 6. The van der Waals surface area contributed by atoms with Gasteiger partial charge in [0.15, 0.2) is 5.13 Å². The van der Waals surface area contributed by atoms with Crippen molar-refractivity contribution in [3.05, 3.63) is 80.8 Å². The summed E-state index contributed by atoms with van der Waals surface area (Å²) < 4.78 is 2.21. The molecule has 0 aliphatic heterocycles. The van der Waals surface area contributed by atoms with E-state index in [1.54, 1.807) is 48.0 Å². The van der Waals surface area contributed by atoms with Crippen molar-refractivity contribution in [3.8, 4) is 0 Å². The molecule has 31 heavy (non-hydrogen) atoms. The van der Waals surface area contributed by atoms with E-state index in [1.165, 1.54) is 22.2 Å². The normalized spacial score (nSPS) is 10.7. The standard InChI is InChI=1S/C21H16BrN5O3S/c22-14-3-6-17-16(11-14)20(30)27(12-24-17)9-7-18(28)25-15-4-1-13(2-5-15)19(29)26-21-23-8-10-31-21/h1-6,8,10-12H,7,9H2,(H,25,28)(H,23,26,29). The summed E-state index contributed by atoms with van der Waals surface area (Å²) in [6.07, 6.45) is 3.16. The summed E-state index contributed by atoms with van der Waals surface area (Å²) in [6.45, 7) is 0.203. The number of thiazole rings is 1. The van der Waals surface area contributed by atoms with Crippen LogP contribution in [0.1, 0.15) is 16.8 Å². The van der Waals surface area contributed by atoms with Gasteiger partial charge in [-0.3, -0.25) is 24.3 Å². The number of fused-ring (bicyclic) bond motifs is 1. The number of rotatable bonds is 6. The number of aryl methyl sites for hydroxylation is 1. The predicted molar refractivity (Wildman–Crippen MR) is 123 cm³/mol. The first kappa shape index (κ1) is 20.9. The summed E-state index contributed by atoms with van der Waals surface area (Å²) in [5.74, 6) is -0.524. The van der Waals surface area contributed by atoms with Gasteiger partial charge < -0.3 is 5.32 Å². The molecule has 2 aromatic carbocycles. The zero-order valence-electron chi connectivity index (χ0n) is 16.0. The Kier molecular flexibility index (Phi) is 6.19. The molecule has 0 saturated carbocycles. The highest BCUT2D eigenvalue weighted by Crippen LogP contribution is 2.16. The highest BCUT2D eigenvalue weighted by molar-refractivity contribution is 9.10. The number of benzene rings is 2. The Bertz CT molecular complexity index is 1300. The average Bonchev–Trinajstić information content (AvgIpc) is 3.27. The van der Waals surface area contributed by atoms with Crippen LogP contribution in [0.3, 0.4) is 0 Å². The molecule has 0 radical (unpaired) electrons. The van der Waals surface area contributed by atoms with Crippen LogP contribution in [0.25, 0.3) is 10.9 Å². The fourth-order valence-corrected chi connectivity index (χ4v) is 3.78. The Labute approximate surface area is 189 Å². The van der Waals surface area contributed by atoms with Gasteiger partial charge in [-0.15, -0.1) is 11.3 Å². The van der Waals surface area contributed by atoms with Crippen molar-refractivity contribution in [2.24, 2.45) is 0 Å². The Morgan fingerprint density at radius 2 is 1.87 bits per heavy atom. The molecule has 0 saturated heterocycles. The largest absolute Gasteiger partial charge is 0.326 e. The van der Waals surface area contributed by atoms with Gasteiger partial charge in [-0.1, -0.05) is 15.9 Å². The zero-order valence-corrected chi connectivity index (χ0v) is 18.4. The number of anilines is 2. The van der Waals surface area contributed by atoms with Gasteiger partial charge >= 0.3 is 0 Å². The first-order chi connectivity index (χ1) is 15.0. The van der Waals surface area contributed by atoms with Gasteiger partial charge in [0.1, 0.15) is 0 Å². The van der Waals surface area contributed by atoms with Crippen LogP contribution in [0.4, 0.5) is 10.8 Å². The minimum absolute atomic E-state index is 0.105. The number of hydrogen-bond donors (Lipinski definition) is 2. The molecule has 10 heteroatoms. The second-order valence-corrected chi connectivity index (χ2v) is 8.38. The predicted octanol–water partition coefficient (Wildman–Crippen LogP) is 3.90. The third-order valence-corrected chi connectivity index (χ3v) is 5.63. The van der Waals surface area contributed by atoms with Crippen LogP contribution in [-0.2, 0) is 11.3 Å². The molecule has 4 aromatic rings. The molecule has 4 rings (SSSR count). The lowest BCUT2D eigenvalue weighted by atomic mass is 10.2. The Hall–Kier alpha value is -3.37. The molecule has 2 N–H and O–H groups in total.